The van der Waals surface area contributed by atoms with Crippen LogP contribution in [0.2, 0.25) is 0 Å². The van der Waals surface area contributed by atoms with Crippen LogP contribution in [0.4, 0.5) is 4.39 Å². The van der Waals surface area contributed by atoms with Gasteiger partial charge in [0.2, 0.25) is 0 Å². The molecule has 88 valence electrons. The first kappa shape index (κ1) is 13.3. The Balaban J connectivity index is 2.56. The Bertz CT molecular complexity index is 368. The van der Waals surface area contributed by atoms with E-state index in [1.807, 2.05) is 0 Å². The monoisotopic (exact) mass is 287 g/mol. The van der Waals surface area contributed by atoms with Gasteiger partial charge in [-0.1, -0.05) is 12.5 Å². The largest absolute Gasteiger partial charge is 0.330 e. The second-order valence-corrected chi connectivity index (χ2v) is 4.48. The number of halogens is 2. The number of hydrogen-bond donors (Lipinski definition) is 1. The van der Waals surface area contributed by atoms with Crippen molar-refractivity contribution in [3.05, 3.63) is 34.1 Å². The van der Waals surface area contributed by atoms with E-state index in [4.69, 9.17) is 5.73 Å². The number of Topliss-reactive ketones (excluding diaryl/α,β-unsaturated/α-hetero) is 1. The van der Waals surface area contributed by atoms with E-state index in [9.17, 15) is 9.18 Å². The van der Waals surface area contributed by atoms with Gasteiger partial charge in [-0.2, -0.15) is 0 Å². The van der Waals surface area contributed by atoms with Crippen molar-refractivity contribution < 1.29 is 9.18 Å². The summed E-state index contributed by atoms with van der Waals surface area (Å²) in [5.74, 6) is -0.609. The first-order valence-electron chi connectivity index (χ1n) is 5.34. The minimum absolute atomic E-state index is 0.143. The highest BCUT2D eigenvalue weighted by atomic mass is 79.9. The molecule has 2 nitrogen and oxygen atoms in total. The van der Waals surface area contributed by atoms with Crippen LogP contribution < -0.4 is 5.73 Å². The number of rotatable bonds is 6. The maximum absolute atomic E-state index is 13.5. The Kier molecular flexibility index (Phi) is 5.63. The molecule has 1 rings (SSSR count). The first-order chi connectivity index (χ1) is 7.66. The van der Waals surface area contributed by atoms with Crippen LogP contribution in [-0.4, -0.2) is 12.3 Å². The van der Waals surface area contributed by atoms with Crippen LogP contribution in [0.1, 0.15) is 36.0 Å². The van der Waals surface area contributed by atoms with Crippen LogP contribution >= 0.6 is 15.9 Å². The van der Waals surface area contributed by atoms with Gasteiger partial charge in [0, 0.05) is 6.42 Å². The molecule has 1 aromatic carbocycles. The lowest BCUT2D eigenvalue weighted by Crippen LogP contribution is -2.04. The number of ketones is 1. The molecule has 0 aliphatic heterocycles. The molecule has 2 N–H and O–H groups in total. The van der Waals surface area contributed by atoms with Gasteiger partial charge in [-0.3, -0.25) is 4.79 Å². The number of carbonyl (C=O) groups excluding carboxylic acids is 1. The molecular weight excluding hydrogens is 273 g/mol. The molecule has 0 bridgehead atoms. The third-order valence-corrected chi connectivity index (χ3v) is 2.97. The van der Waals surface area contributed by atoms with Crippen LogP contribution in [-0.2, 0) is 0 Å². The summed E-state index contributed by atoms with van der Waals surface area (Å²) in [7, 11) is 0. The van der Waals surface area contributed by atoms with E-state index in [-0.39, 0.29) is 11.3 Å². The minimum atomic E-state index is -0.466. The van der Waals surface area contributed by atoms with E-state index in [2.05, 4.69) is 15.9 Å². The quantitative estimate of drug-likeness (QED) is 0.644. The number of carbonyl (C=O) groups is 1. The molecule has 0 atom stereocenters. The average molecular weight is 288 g/mol. The molecule has 0 spiro atoms. The maximum atomic E-state index is 13.5. The lowest BCUT2D eigenvalue weighted by Gasteiger charge is -2.03. The normalized spacial score (nSPS) is 10.4. The Morgan fingerprint density at radius 1 is 1.31 bits per heavy atom. The van der Waals surface area contributed by atoms with Crippen molar-refractivity contribution in [2.75, 3.05) is 6.54 Å². The molecule has 16 heavy (non-hydrogen) atoms. The molecule has 0 aliphatic carbocycles. The second-order valence-electron chi connectivity index (χ2n) is 3.62. The molecule has 0 amide bonds. The van der Waals surface area contributed by atoms with Gasteiger partial charge in [0.05, 0.1) is 10.0 Å². The Morgan fingerprint density at radius 3 is 2.75 bits per heavy atom. The number of benzene rings is 1. The third-order valence-electron chi connectivity index (χ3n) is 2.36. The van der Waals surface area contributed by atoms with Crippen LogP contribution in [0.15, 0.2) is 22.7 Å². The second kappa shape index (κ2) is 6.76. The van der Waals surface area contributed by atoms with Gasteiger partial charge in [0.25, 0.3) is 0 Å². The lowest BCUT2D eigenvalue weighted by molar-refractivity contribution is 0.0975. The predicted molar refractivity (Wildman–Crippen MR) is 66.0 cm³/mol. The fourth-order valence-electron chi connectivity index (χ4n) is 1.46. The number of unbranched alkanes of at least 4 members (excludes halogenated alkanes) is 2. The summed E-state index contributed by atoms with van der Waals surface area (Å²) in [6, 6.07) is 4.77. The van der Waals surface area contributed by atoms with Crippen molar-refractivity contribution in [3.63, 3.8) is 0 Å². The predicted octanol–water partition coefficient (Wildman–Crippen LogP) is 3.29. The summed E-state index contributed by atoms with van der Waals surface area (Å²) >= 11 is 3.06. The molecule has 0 aromatic heterocycles. The number of hydrogen-bond acceptors (Lipinski definition) is 2. The highest BCUT2D eigenvalue weighted by Crippen LogP contribution is 2.20. The van der Waals surface area contributed by atoms with Gasteiger partial charge < -0.3 is 5.73 Å². The van der Waals surface area contributed by atoms with E-state index < -0.39 is 5.82 Å². The van der Waals surface area contributed by atoms with Crippen molar-refractivity contribution in [2.24, 2.45) is 5.73 Å². The van der Waals surface area contributed by atoms with Crippen molar-refractivity contribution in [1.29, 1.82) is 0 Å². The summed E-state index contributed by atoms with van der Waals surface area (Å²) in [6.45, 7) is 0.638. The minimum Gasteiger partial charge on any atom is -0.330 e. The van der Waals surface area contributed by atoms with Crippen molar-refractivity contribution in [2.45, 2.75) is 25.7 Å². The van der Waals surface area contributed by atoms with Crippen molar-refractivity contribution in [1.82, 2.24) is 0 Å². The van der Waals surface area contributed by atoms with Crippen LogP contribution in [0.25, 0.3) is 0 Å². The lowest BCUT2D eigenvalue weighted by atomic mass is 10.0. The third kappa shape index (κ3) is 3.68. The summed E-state index contributed by atoms with van der Waals surface area (Å²) < 4.78 is 13.9. The zero-order chi connectivity index (χ0) is 12.0. The summed E-state index contributed by atoms with van der Waals surface area (Å²) in [5, 5.41) is 0. The molecule has 0 fully saturated rings. The fraction of sp³-hybridized carbons (Fsp3) is 0.417. The van der Waals surface area contributed by atoms with E-state index in [1.165, 1.54) is 6.07 Å². The van der Waals surface area contributed by atoms with Gasteiger partial charge >= 0.3 is 0 Å². The summed E-state index contributed by atoms with van der Waals surface area (Å²) in [5.41, 5.74) is 5.52. The standard InChI is InChI=1S/C12H15BrFNO/c13-10-6-4-5-9(12(10)14)11(16)7-2-1-3-8-15/h4-6H,1-3,7-8,15H2. The SMILES string of the molecule is NCCCCCC(=O)c1cccc(Br)c1F. The molecule has 0 aliphatic rings. The Hall–Kier alpha value is -0.740. The zero-order valence-electron chi connectivity index (χ0n) is 9.01. The molecule has 0 saturated carbocycles. The average Bonchev–Trinajstić information content (AvgIpc) is 2.28. The van der Waals surface area contributed by atoms with E-state index >= 15 is 0 Å². The highest BCUT2D eigenvalue weighted by Gasteiger charge is 2.12. The van der Waals surface area contributed by atoms with Crippen molar-refractivity contribution in [3.8, 4) is 0 Å². The van der Waals surface area contributed by atoms with Gasteiger partial charge in [0.15, 0.2) is 5.78 Å². The summed E-state index contributed by atoms with van der Waals surface area (Å²) in [4.78, 5) is 11.7. The molecule has 0 heterocycles. The highest BCUT2D eigenvalue weighted by molar-refractivity contribution is 9.10. The molecule has 1 aromatic rings. The van der Waals surface area contributed by atoms with Gasteiger partial charge in [-0.25, -0.2) is 4.39 Å². The van der Waals surface area contributed by atoms with E-state index in [0.717, 1.165) is 19.3 Å². The Morgan fingerprint density at radius 2 is 2.06 bits per heavy atom. The molecule has 0 saturated heterocycles. The van der Waals surface area contributed by atoms with E-state index in [1.54, 1.807) is 12.1 Å². The van der Waals surface area contributed by atoms with Gasteiger partial charge in [-0.15, -0.1) is 0 Å². The molecule has 4 heteroatoms. The summed E-state index contributed by atoms with van der Waals surface area (Å²) in [6.07, 6.45) is 2.97. The Labute approximate surface area is 103 Å². The maximum Gasteiger partial charge on any atom is 0.165 e. The zero-order valence-corrected chi connectivity index (χ0v) is 10.6. The van der Waals surface area contributed by atoms with Crippen LogP contribution in [0.3, 0.4) is 0 Å². The van der Waals surface area contributed by atoms with Crippen molar-refractivity contribution >= 4 is 21.7 Å². The van der Waals surface area contributed by atoms with Gasteiger partial charge in [-0.05, 0) is 47.4 Å². The smallest absolute Gasteiger partial charge is 0.165 e. The molecule has 0 radical (unpaired) electrons. The molecular formula is C12H15BrFNO. The first-order valence-corrected chi connectivity index (χ1v) is 6.13. The molecule has 0 unspecified atom stereocenters. The topological polar surface area (TPSA) is 43.1 Å². The van der Waals surface area contributed by atoms with Crippen LogP contribution in [0, 0.1) is 5.82 Å². The van der Waals surface area contributed by atoms with Crippen LogP contribution in [0.5, 0.6) is 0 Å². The van der Waals surface area contributed by atoms with Gasteiger partial charge in [0.1, 0.15) is 5.82 Å². The fourth-order valence-corrected chi connectivity index (χ4v) is 1.83. The van der Waals surface area contributed by atoms with E-state index in [0.29, 0.717) is 17.4 Å². The number of nitrogens with two attached hydrogens (primary N) is 1.